The minimum absolute atomic E-state index is 0.0514. The van der Waals surface area contributed by atoms with Gasteiger partial charge in [-0.1, -0.05) is 0 Å². The molecule has 1 aromatic heterocycles. The van der Waals surface area contributed by atoms with Crippen LogP contribution in [0.1, 0.15) is 33.7 Å². The third-order valence-corrected chi connectivity index (χ3v) is 4.50. The van der Waals surface area contributed by atoms with Gasteiger partial charge in [-0.3, -0.25) is 19.7 Å². The van der Waals surface area contributed by atoms with Crippen LogP contribution in [-0.4, -0.2) is 40.9 Å². The monoisotopic (exact) mass is 414 g/mol. The predicted octanol–water partition coefficient (Wildman–Crippen LogP) is 3.02. The van der Waals surface area contributed by atoms with E-state index in [0.29, 0.717) is 23.4 Å². The summed E-state index contributed by atoms with van der Waals surface area (Å²) in [6, 6.07) is 7.33. The fourth-order valence-corrected chi connectivity index (χ4v) is 2.87. The summed E-state index contributed by atoms with van der Waals surface area (Å²) in [5.41, 5.74) is 2.44. The second-order valence-corrected chi connectivity index (χ2v) is 6.48. The number of aryl methyl sites for hydroxylation is 1. The van der Waals surface area contributed by atoms with Gasteiger partial charge in [-0.2, -0.15) is 0 Å². The van der Waals surface area contributed by atoms with Gasteiger partial charge in [-0.25, -0.2) is 4.79 Å². The summed E-state index contributed by atoms with van der Waals surface area (Å²) in [5, 5.41) is 10.6. The van der Waals surface area contributed by atoms with E-state index in [0.717, 1.165) is 11.8 Å². The maximum Gasteiger partial charge on any atom is 0.331 e. The van der Waals surface area contributed by atoms with Crippen LogP contribution < -0.4 is 0 Å². The second-order valence-electron chi connectivity index (χ2n) is 6.48. The fourth-order valence-electron chi connectivity index (χ4n) is 2.87. The number of methoxy groups -OCH3 is 1. The highest BCUT2D eigenvalue weighted by Crippen LogP contribution is 2.17. The lowest BCUT2D eigenvalue weighted by atomic mass is 10.1. The first-order valence-corrected chi connectivity index (χ1v) is 9.09. The SMILES string of the molecule is COC(=O)CCn1c(C)cc(C(=O)COC(=O)/C=C/c2ccc([N+](=O)[O-])cc2)c1C. The Labute approximate surface area is 173 Å². The van der Waals surface area contributed by atoms with Crippen LogP contribution in [0.3, 0.4) is 0 Å². The van der Waals surface area contributed by atoms with Crippen LogP contribution in [0.4, 0.5) is 5.69 Å². The quantitative estimate of drug-likeness (QED) is 0.203. The molecule has 0 saturated heterocycles. The van der Waals surface area contributed by atoms with E-state index in [1.54, 1.807) is 13.0 Å². The molecule has 2 rings (SSSR count). The van der Waals surface area contributed by atoms with E-state index in [2.05, 4.69) is 4.74 Å². The van der Waals surface area contributed by atoms with E-state index >= 15 is 0 Å². The van der Waals surface area contributed by atoms with Gasteiger partial charge in [0.2, 0.25) is 5.78 Å². The molecule has 0 aliphatic heterocycles. The molecular weight excluding hydrogens is 392 g/mol. The molecule has 0 fully saturated rings. The molecule has 0 unspecified atom stereocenters. The van der Waals surface area contributed by atoms with Crippen molar-refractivity contribution in [1.29, 1.82) is 0 Å². The maximum absolute atomic E-state index is 12.4. The highest BCUT2D eigenvalue weighted by molar-refractivity contribution is 6.00. The van der Waals surface area contributed by atoms with Gasteiger partial charge >= 0.3 is 11.9 Å². The summed E-state index contributed by atoms with van der Waals surface area (Å²) in [5.74, 6) is -1.41. The smallest absolute Gasteiger partial charge is 0.331 e. The molecule has 0 aliphatic rings. The van der Waals surface area contributed by atoms with Gasteiger partial charge in [0.15, 0.2) is 6.61 Å². The molecule has 0 atom stereocenters. The van der Waals surface area contributed by atoms with Gasteiger partial charge in [0.1, 0.15) is 0 Å². The van der Waals surface area contributed by atoms with Crippen LogP contribution in [-0.2, 0) is 25.6 Å². The number of hydrogen-bond acceptors (Lipinski definition) is 7. The number of carbonyl (C=O) groups is 3. The second kappa shape index (κ2) is 10.1. The first-order valence-electron chi connectivity index (χ1n) is 9.09. The Hall–Kier alpha value is -3.75. The van der Waals surface area contributed by atoms with Crippen molar-refractivity contribution < 1.29 is 28.8 Å². The van der Waals surface area contributed by atoms with E-state index in [-0.39, 0.29) is 23.9 Å². The largest absolute Gasteiger partial charge is 0.469 e. The summed E-state index contributed by atoms with van der Waals surface area (Å²) in [6.07, 6.45) is 2.77. The highest BCUT2D eigenvalue weighted by atomic mass is 16.6. The lowest BCUT2D eigenvalue weighted by molar-refractivity contribution is -0.384. The van der Waals surface area contributed by atoms with Crippen molar-refractivity contribution >= 4 is 29.5 Å². The highest BCUT2D eigenvalue weighted by Gasteiger charge is 2.17. The van der Waals surface area contributed by atoms with Crippen molar-refractivity contribution in [2.45, 2.75) is 26.8 Å². The maximum atomic E-state index is 12.4. The van der Waals surface area contributed by atoms with Gasteiger partial charge < -0.3 is 14.0 Å². The number of nitro benzene ring substituents is 1. The van der Waals surface area contributed by atoms with Crippen molar-refractivity contribution in [3.8, 4) is 0 Å². The lowest BCUT2D eigenvalue weighted by Gasteiger charge is -2.08. The predicted molar refractivity (Wildman–Crippen MR) is 108 cm³/mol. The molecule has 0 aliphatic carbocycles. The number of esters is 2. The average molecular weight is 414 g/mol. The molecular formula is C21H22N2O7. The van der Waals surface area contributed by atoms with E-state index in [1.165, 1.54) is 37.5 Å². The van der Waals surface area contributed by atoms with Gasteiger partial charge in [0, 0.05) is 41.7 Å². The Morgan fingerprint density at radius 3 is 2.43 bits per heavy atom. The van der Waals surface area contributed by atoms with Crippen LogP contribution in [0.15, 0.2) is 36.4 Å². The Balaban J connectivity index is 1.94. The van der Waals surface area contributed by atoms with Crippen molar-refractivity contribution in [3.05, 3.63) is 69.0 Å². The zero-order valence-corrected chi connectivity index (χ0v) is 16.9. The molecule has 0 saturated carbocycles. The number of carbonyl (C=O) groups excluding carboxylic acids is 3. The van der Waals surface area contributed by atoms with Crippen LogP contribution >= 0.6 is 0 Å². The van der Waals surface area contributed by atoms with E-state index in [9.17, 15) is 24.5 Å². The summed E-state index contributed by atoms with van der Waals surface area (Å²) >= 11 is 0. The van der Waals surface area contributed by atoms with E-state index in [4.69, 9.17) is 4.74 Å². The minimum atomic E-state index is -0.707. The zero-order chi connectivity index (χ0) is 22.3. The Bertz CT molecular complexity index is 988. The van der Waals surface area contributed by atoms with Crippen LogP contribution in [0.5, 0.6) is 0 Å². The third kappa shape index (κ3) is 5.87. The molecule has 30 heavy (non-hydrogen) atoms. The minimum Gasteiger partial charge on any atom is -0.469 e. The van der Waals surface area contributed by atoms with Gasteiger partial charge in [0.25, 0.3) is 5.69 Å². The molecule has 0 spiro atoms. The Morgan fingerprint density at radius 1 is 1.17 bits per heavy atom. The molecule has 0 radical (unpaired) electrons. The first kappa shape index (κ1) is 22.5. The molecule has 0 amide bonds. The standard InChI is InChI=1S/C21H22N2O7/c1-14-12-18(15(2)22(14)11-10-20(25)29-3)19(24)13-30-21(26)9-6-16-4-7-17(8-5-16)23(27)28/h4-9,12H,10-11,13H2,1-3H3/b9-6+. The summed E-state index contributed by atoms with van der Waals surface area (Å²) in [6.45, 7) is 3.54. The number of nitrogens with zero attached hydrogens (tertiary/aromatic N) is 2. The van der Waals surface area contributed by atoms with E-state index < -0.39 is 17.5 Å². The molecule has 0 bridgehead atoms. The topological polar surface area (TPSA) is 118 Å². The third-order valence-electron chi connectivity index (χ3n) is 4.50. The number of nitro groups is 1. The Morgan fingerprint density at radius 2 is 1.83 bits per heavy atom. The average Bonchev–Trinajstić information content (AvgIpc) is 3.02. The van der Waals surface area contributed by atoms with E-state index in [1.807, 2.05) is 11.5 Å². The number of aromatic nitrogens is 1. The van der Waals surface area contributed by atoms with Crippen molar-refractivity contribution in [2.24, 2.45) is 0 Å². The molecule has 158 valence electrons. The van der Waals surface area contributed by atoms with Crippen molar-refractivity contribution in [1.82, 2.24) is 4.57 Å². The lowest BCUT2D eigenvalue weighted by Crippen LogP contribution is -2.14. The van der Waals surface area contributed by atoms with Crippen molar-refractivity contribution in [2.75, 3.05) is 13.7 Å². The zero-order valence-electron chi connectivity index (χ0n) is 16.9. The fraction of sp³-hybridized carbons (Fsp3) is 0.286. The summed E-state index contributed by atoms with van der Waals surface area (Å²) in [4.78, 5) is 45.8. The molecule has 9 nitrogen and oxygen atoms in total. The van der Waals surface area contributed by atoms with Gasteiger partial charge in [-0.15, -0.1) is 0 Å². The normalized spacial score (nSPS) is 10.8. The molecule has 2 aromatic rings. The Kier molecular flexibility index (Phi) is 7.62. The number of non-ortho nitro benzene ring substituents is 1. The molecule has 9 heteroatoms. The number of Topliss-reactive ketones (excluding diaryl/α,β-unsaturated/α-hetero) is 1. The number of benzene rings is 1. The first-order chi connectivity index (χ1) is 14.2. The van der Waals surface area contributed by atoms with Crippen LogP contribution in [0.25, 0.3) is 6.08 Å². The van der Waals surface area contributed by atoms with Gasteiger partial charge in [-0.05, 0) is 43.7 Å². The summed E-state index contributed by atoms with van der Waals surface area (Å²) < 4.78 is 11.5. The molecule has 1 heterocycles. The number of rotatable bonds is 9. The number of hydrogen-bond donors (Lipinski definition) is 0. The van der Waals surface area contributed by atoms with Crippen molar-refractivity contribution in [3.63, 3.8) is 0 Å². The van der Waals surface area contributed by atoms with Gasteiger partial charge in [0.05, 0.1) is 18.5 Å². The molecule has 0 N–H and O–H groups in total. The number of ketones is 1. The van der Waals surface area contributed by atoms with Crippen LogP contribution in [0.2, 0.25) is 0 Å². The molecule has 1 aromatic carbocycles. The van der Waals surface area contributed by atoms with Crippen LogP contribution in [0, 0.1) is 24.0 Å². The summed E-state index contributed by atoms with van der Waals surface area (Å²) in [7, 11) is 1.32. The number of ether oxygens (including phenoxy) is 2.